The van der Waals surface area contributed by atoms with Gasteiger partial charge in [0, 0.05) is 126 Å². The number of sulfonamides is 2. The number of methoxy groups -OCH3 is 4. The molecule has 115 heavy (non-hydrogen) atoms. The molecule has 4 aliphatic rings. The van der Waals surface area contributed by atoms with E-state index in [0.29, 0.717) is 34.2 Å². The summed E-state index contributed by atoms with van der Waals surface area (Å²) in [4.78, 5) is 11.0. The lowest BCUT2D eigenvalue weighted by Gasteiger charge is -2.30. The van der Waals surface area contributed by atoms with Gasteiger partial charge in [-0.25, -0.2) is 26.3 Å². The summed E-state index contributed by atoms with van der Waals surface area (Å²) in [6, 6.07) is 74.0. The number of benzene rings is 9. The molecule has 5 heterocycles. The number of ether oxygens (including phenoxy) is 4. The topological polar surface area (TPSA) is 142 Å². The molecule has 21 heteroatoms. The van der Waals surface area contributed by atoms with Crippen molar-refractivity contribution in [2.24, 2.45) is 0 Å². The van der Waals surface area contributed by atoms with Crippen LogP contribution in [-0.4, -0.2) is 158 Å². The number of likely N-dealkylation sites (tertiary alicyclic amines) is 4. The first kappa shape index (κ1) is 87.7. The molecule has 0 bridgehead atoms. The van der Waals surface area contributed by atoms with Crippen LogP contribution in [-0.2, 0) is 20.0 Å². The van der Waals surface area contributed by atoms with Gasteiger partial charge in [0.2, 0.25) is 20.0 Å². The highest BCUT2D eigenvalue weighted by atomic mass is 79.9. The van der Waals surface area contributed by atoms with Gasteiger partial charge in [0.1, 0.15) is 27.9 Å². The lowest BCUT2D eigenvalue weighted by molar-refractivity contribution is 0.261. The molecular formula is C94H104BrCl3N6O8S3. The molecule has 4 saturated heterocycles. The third-order valence-electron chi connectivity index (χ3n) is 21.3. The second kappa shape index (κ2) is 42.8. The van der Waals surface area contributed by atoms with Gasteiger partial charge in [-0.1, -0.05) is 220 Å². The van der Waals surface area contributed by atoms with E-state index in [4.69, 9.17) is 53.8 Å². The minimum atomic E-state index is -3.75. The highest BCUT2D eigenvalue weighted by Gasteiger charge is 2.27. The first-order valence-electron chi connectivity index (χ1n) is 39.0. The van der Waals surface area contributed by atoms with Gasteiger partial charge in [0.25, 0.3) is 0 Å². The second-order valence-electron chi connectivity index (χ2n) is 29.0. The molecule has 0 aliphatic carbocycles. The fourth-order valence-electron chi connectivity index (χ4n) is 15.2. The molecule has 0 amide bonds. The van der Waals surface area contributed by atoms with Crippen LogP contribution in [0.5, 0.6) is 23.0 Å². The maximum Gasteiger partial charge on any atom is 0.242 e. The van der Waals surface area contributed by atoms with Gasteiger partial charge in [0.05, 0.1) is 38.4 Å². The number of rotatable bonds is 22. The molecule has 14 nitrogen and oxygen atoms in total. The Balaban J connectivity index is 0.000000155. The Kier molecular flexibility index (Phi) is 32.6. The number of nitrogens with zero attached hydrogens (tertiary/aromatic N) is 4. The molecule has 604 valence electrons. The zero-order chi connectivity index (χ0) is 81.4. The monoisotopic (exact) mass is 1720 g/mol. The molecule has 10 aromatic rings. The predicted molar refractivity (Wildman–Crippen MR) is 480 cm³/mol. The van der Waals surface area contributed by atoms with E-state index in [1.807, 2.05) is 72.0 Å². The van der Waals surface area contributed by atoms with Crippen molar-refractivity contribution in [1.29, 1.82) is 0 Å². The number of hydrogen-bond acceptors (Lipinski definition) is 13. The van der Waals surface area contributed by atoms with Crippen molar-refractivity contribution >= 4 is 104 Å². The van der Waals surface area contributed by atoms with Gasteiger partial charge in [-0.05, 0) is 207 Å². The summed E-state index contributed by atoms with van der Waals surface area (Å²) in [6.07, 6.45) is 8.09. The maximum atomic E-state index is 12.7. The average molecular weight is 1730 g/mol. The number of piperidine rings is 4. The van der Waals surface area contributed by atoms with Gasteiger partial charge in [-0.2, -0.15) is 0 Å². The van der Waals surface area contributed by atoms with Crippen LogP contribution in [0.25, 0.3) is 22.3 Å². The van der Waals surface area contributed by atoms with Crippen molar-refractivity contribution in [3.8, 4) is 23.0 Å². The molecule has 9 aromatic carbocycles. The van der Waals surface area contributed by atoms with Crippen LogP contribution in [0.15, 0.2) is 266 Å². The Morgan fingerprint density at radius 3 is 1.22 bits per heavy atom. The van der Waals surface area contributed by atoms with Crippen LogP contribution in [0.1, 0.15) is 106 Å². The third-order valence-corrected chi connectivity index (χ3v) is 27.1. The number of hydrogen-bond donors (Lipinski definition) is 2. The van der Waals surface area contributed by atoms with E-state index in [1.54, 1.807) is 64.3 Å². The van der Waals surface area contributed by atoms with Gasteiger partial charge >= 0.3 is 0 Å². The number of nitrogens with one attached hydrogen (secondary N) is 2. The molecule has 0 radical (unpaired) electrons. The average Bonchev–Trinajstić information content (AvgIpc) is 1.54. The van der Waals surface area contributed by atoms with E-state index in [9.17, 15) is 16.8 Å². The van der Waals surface area contributed by atoms with Gasteiger partial charge in [0.15, 0.2) is 0 Å². The zero-order valence-corrected chi connectivity index (χ0v) is 73.2. The fourth-order valence-corrected chi connectivity index (χ4v) is 20.0. The Hall–Kier alpha value is -8.15. The normalized spacial score (nSPS) is 15.1. The smallest absolute Gasteiger partial charge is 0.242 e. The Morgan fingerprint density at radius 1 is 0.391 bits per heavy atom. The largest absolute Gasteiger partial charge is 0.496 e. The summed E-state index contributed by atoms with van der Waals surface area (Å²) < 4.78 is 79.3. The Labute approximate surface area is 709 Å². The van der Waals surface area contributed by atoms with E-state index in [-0.39, 0.29) is 21.4 Å². The first-order chi connectivity index (χ1) is 55.6. The molecule has 0 atom stereocenters. The van der Waals surface area contributed by atoms with Gasteiger partial charge in [-0.15, -0.1) is 11.3 Å². The highest BCUT2D eigenvalue weighted by Crippen LogP contribution is 2.43. The standard InChI is InChI=1S/C28H31BrN2O3S.C27H27Cl3N2O3S.C21H25NO.C18H21NOS/c1-21-8-7-9-23(20-21)28(24-10-3-5-12-26(24)34-2)22-14-17-31(18-15-22)19-16-30-35(32,33)27-13-6-4-11-25(27)29;1-35-25-8-3-2-7-23(25)27(20-5-4-6-21(28)17-20)19-11-14-32(15-12-19)16-13-31-36(33,34)26-18-22(29)9-10-24(26)30;1-16-8-10-17(11-9-16)21(18-12-14-22(2)15-13-18)19-6-4-5-7-20(19)23-3;1-19-11-9-14(10-12-19)18(17-8-5-13-21-17)15-6-3-4-7-16(15)20-2/h3-13,20,30H,14-19H2,1-2H3;2-10,17-18,31H,11-16H2,1H3;4-11H,12-15H2,1-3H3;3-8,13H,9-12H2,1-2H3. The molecular weight excluding hydrogens is 1620 g/mol. The van der Waals surface area contributed by atoms with Gasteiger partial charge in [-0.3, -0.25) is 0 Å². The van der Waals surface area contributed by atoms with Crippen molar-refractivity contribution < 1.29 is 35.8 Å². The summed E-state index contributed by atoms with van der Waals surface area (Å²) in [5.74, 6) is 3.61. The van der Waals surface area contributed by atoms with Crippen LogP contribution in [0, 0.1) is 13.8 Å². The summed E-state index contributed by atoms with van der Waals surface area (Å²) in [6.45, 7) is 14.1. The van der Waals surface area contributed by atoms with Crippen LogP contribution in [0.4, 0.5) is 0 Å². The van der Waals surface area contributed by atoms with E-state index < -0.39 is 20.0 Å². The lowest BCUT2D eigenvalue weighted by atomic mass is 9.87. The van der Waals surface area contributed by atoms with Gasteiger partial charge < -0.3 is 38.5 Å². The second-order valence-corrected chi connectivity index (χ2v) is 35.6. The molecule has 4 aliphatic heterocycles. The molecule has 2 N–H and O–H groups in total. The molecule has 0 spiro atoms. The van der Waals surface area contributed by atoms with Crippen molar-refractivity contribution in [2.75, 3.05) is 121 Å². The minimum Gasteiger partial charge on any atom is -0.496 e. The third kappa shape index (κ3) is 23.8. The van der Waals surface area contributed by atoms with E-state index in [0.717, 1.165) is 149 Å². The summed E-state index contributed by atoms with van der Waals surface area (Å²) >= 11 is 23.5. The summed E-state index contributed by atoms with van der Waals surface area (Å²) in [5.41, 5.74) is 21.6. The number of aryl methyl sites for hydroxylation is 2. The number of halogens is 4. The lowest BCUT2D eigenvalue weighted by Crippen LogP contribution is -2.38. The molecule has 4 fully saturated rings. The van der Waals surface area contributed by atoms with Crippen molar-refractivity contribution in [3.63, 3.8) is 0 Å². The summed E-state index contributed by atoms with van der Waals surface area (Å²) in [5, 5.41) is 3.30. The maximum absolute atomic E-state index is 12.7. The first-order valence-corrected chi connectivity index (χ1v) is 44.8. The zero-order valence-electron chi connectivity index (χ0n) is 66.9. The van der Waals surface area contributed by atoms with Crippen molar-refractivity contribution in [1.82, 2.24) is 29.0 Å². The van der Waals surface area contributed by atoms with Crippen molar-refractivity contribution in [3.05, 3.63) is 327 Å². The van der Waals surface area contributed by atoms with E-state index in [2.05, 4.69) is 200 Å². The SMILES string of the molecule is COc1ccccc1C(=C1CCN(C)CC1)c1ccc(C)cc1.COc1ccccc1C(=C1CCN(C)CC1)c1cccs1.COc1ccccc1C(=C1CCN(CCNS(=O)(=O)c2cc(Cl)ccc2Cl)CC1)c1cccc(Cl)c1.COc1ccccc1C(=C1CCN(CCNS(=O)(=O)c2ccccc2Br)CC1)c1cccc(C)c1. The molecule has 0 saturated carbocycles. The molecule has 0 unspecified atom stereocenters. The van der Waals surface area contributed by atoms with Crippen LogP contribution < -0.4 is 28.4 Å². The fraction of sp³-hybridized carbons (Fsp3) is 0.298. The van der Waals surface area contributed by atoms with Crippen LogP contribution in [0.2, 0.25) is 15.1 Å². The van der Waals surface area contributed by atoms with Crippen LogP contribution >= 0.6 is 62.1 Å². The molecule has 14 rings (SSSR count). The van der Waals surface area contributed by atoms with Crippen LogP contribution in [0.3, 0.4) is 0 Å². The summed E-state index contributed by atoms with van der Waals surface area (Å²) in [7, 11) is 4.01. The minimum absolute atomic E-state index is 0.0106. The number of para-hydroxylation sites is 4. The number of thiophene rings is 1. The van der Waals surface area contributed by atoms with E-state index >= 15 is 0 Å². The quantitative estimate of drug-likeness (QED) is 0.0667. The Morgan fingerprint density at radius 2 is 0.783 bits per heavy atom. The van der Waals surface area contributed by atoms with E-state index in [1.165, 1.54) is 83.8 Å². The van der Waals surface area contributed by atoms with Crippen molar-refractivity contribution in [2.45, 2.75) is 75.0 Å². The highest BCUT2D eigenvalue weighted by molar-refractivity contribution is 9.10. The molecule has 1 aromatic heterocycles. The predicted octanol–water partition coefficient (Wildman–Crippen LogP) is 21.0. The Bertz CT molecular complexity index is 5270.